The van der Waals surface area contributed by atoms with Crippen LogP contribution in [0.25, 0.3) is 5.76 Å². The van der Waals surface area contributed by atoms with Gasteiger partial charge in [0.1, 0.15) is 17.3 Å². The average Bonchev–Trinajstić information content (AvgIpc) is 3.06. The van der Waals surface area contributed by atoms with Crippen LogP contribution in [0.1, 0.15) is 37.4 Å². The van der Waals surface area contributed by atoms with Gasteiger partial charge in [0.15, 0.2) is 0 Å². The molecule has 8 nitrogen and oxygen atoms in total. The summed E-state index contributed by atoms with van der Waals surface area (Å²) in [7, 11) is 2.88. The number of hydrogen-bond donors (Lipinski definition) is 1. The van der Waals surface area contributed by atoms with Crippen molar-refractivity contribution >= 4 is 29.1 Å². The zero-order valence-electron chi connectivity index (χ0n) is 19.0. The topological polar surface area (TPSA) is 98.2 Å². The summed E-state index contributed by atoms with van der Waals surface area (Å²) in [6, 6.07) is 5.58. The summed E-state index contributed by atoms with van der Waals surface area (Å²) in [5, 5.41) is 11.5. The van der Waals surface area contributed by atoms with Gasteiger partial charge in [-0.2, -0.15) is 0 Å². The van der Waals surface area contributed by atoms with E-state index in [1.165, 1.54) is 31.3 Å². The molecule has 2 aromatic rings. The summed E-state index contributed by atoms with van der Waals surface area (Å²) in [6.45, 7) is 4.57. The van der Waals surface area contributed by atoms with Crippen LogP contribution in [0.5, 0.6) is 11.5 Å². The molecule has 1 aliphatic rings. The number of carbonyl (C=O) groups excluding carboxylic acids is 2. The SMILES string of the molecule is COc1cc(OC)c(/C(O)=C2\C(=O)C(=O)N(CCCOC(C)C)C2c2ccncc2)cc1Cl. The molecule has 0 radical (unpaired) electrons. The summed E-state index contributed by atoms with van der Waals surface area (Å²) in [5.41, 5.74) is 0.785. The minimum Gasteiger partial charge on any atom is -0.507 e. The number of aliphatic hydroxyl groups excluding tert-OH is 1. The molecule has 9 heteroatoms. The predicted molar refractivity (Wildman–Crippen MR) is 124 cm³/mol. The summed E-state index contributed by atoms with van der Waals surface area (Å²) in [4.78, 5) is 31.6. The van der Waals surface area contributed by atoms with Crippen molar-refractivity contribution in [1.82, 2.24) is 9.88 Å². The lowest BCUT2D eigenvalue weighted by atomic mass is 9.95. The Morgan fingerprint density at radius 3 is 2.42 bits per heavy atom. The van der Waals surface area contributed by atoms with Gasteiger partial charge in [0.2, 0.25) is 0 Å². The van der Waals surface area contributed by atoms with Crippen LogP contribution in [0.15, 0.2) is 42.2 Å². The number of ketones is 1. The molecule has 176 valence electrons. The molecule has 1 unspecified atom stereocenters. The molecule has 1 aromatic carbocycles. The van der Waals surface area contributed by atoms with Crippen LogP contribution in [0.2, 0.25) is 5.02 Å². The second-order valence-corrected chi connectivity index (χ2v) is 8.14. The summed E-state index contributed by atoms with van der Waals surface area (Å²) in [6.07, 6.45) is 3.73. The first-order chi connectivity index (χ1) is 15.8. The van der Waals surface area contributed by atoms with Crippen molar-refractivity contribution < 1.29 is 28.9 Å². The van der Waals surface area contributed by atoms with Crippen LogP contribution < -0.4 is 9.47 Å². The van der Waals surface area contributed by atoms with E-state index in [1.807, 2.05) is 13.8 Å². The highest BCUT2D eigenvalue weighted by Gasteiger charge is 2.46. The van der Waals surface area contributed by atoms with E-state index in [4.69, 9.17) is 25.8 Å². The Hall–Kier alpha value is -3.10. The van der Waals surface area contributed by atoms with E-state index in [0.29, 0.717) is 24.3 Å². The Labute approximate surface area is 197 Å². The fraction of sp³-hybridized carbons (Fsp3) is 0.375. The molecule has 0 bridgehead atoms. The van der Waals surface area contributed by atoms with Gasteiger partial charge in [0.05, 0.1) is 42.5 Å². The number of benzene rings is 1. The maximum atomic E-state index is 13.1. The van der Waals surface area contributed by atoms with Gasteiger partial charge in [-0.3, -0.25) is 14.6 Å². The van der Waals surface area contributed by atoms with Crippen LogP contribution in [0.3, 0.4) is 0 Å². The second-order valence-electron chi connectivity index (χ2n) is 7.73. The molecule has 1 amide bonds. The second kappa shape index (κ2) is 10.7. The first-order valence-electron chi connectivity index (χ1n) is 10.5. The van der Waals surface area contributed by atoms with Gasteiger partial charge in [-0.25, -0.2) is 0 Å². The predicted octanol–water partition coefficient (Wildman–Crippen LogP) is 3.99. The van der Waals surface area contributed by atoms with Crippen molar-refractivity contribution in [3.63, 3.8) is 0 Å². The highest BCUT2D eigenvalue weighted by atomic mass is 35.5. The Morgan fingerprint density at radius 1 is 1.15 bits per heavy atom. The number of ether oxygens (including phenoxy) is 3. The van der Waals surface area contributed by atoms with Crippen molar-refractivity contribution in [2.24, 2.45) is 0 Å². The van der Waals surface area contributed by atoms with Crippen LogP contribution in [0.4, 0.5) is 0 Å². The van der Waals surface area contributed by atoms with Crippen LogP contribution in [-0.2, 0) is 14.3 Å². The molecule has 1 N–H and O–H groups in total. The van der Waals surface area contributed by atoms with Crippen molar-refractivity contribution in [2.75, 3.05) is 27.4 Å². The maximum absolute atomic E-state index is 13.1. The highest BCUT2D eigenvalue weighted by molar-refractivity contribution is 6.46. The first kappa shape index (κ1) is 24.5. The monoisotopic (exact) mass is 474 g/mol. The Balaban J connectivity index is 2.10. The third kappa shape index (κ3) is 5.12. The molecule has 1 saturated heterocycles. The zero-order valence-corrected chi connectivity index (χ0v) is 19.8. The smallest absolute Gasteiger partial charge is 0.295 e. The lowest BCUT2D eigenvalue weighted by molar-refractivity contribution is -0.140. The fourth-order valence-electron chi connectivity index (χ4n) is 3.75. The largest absolute Gasteiger partial charge is 0.507 e. The normalized spacial score (nSPS) is 17.6. The van der Waals surface area contributed by atoms with Crippen LogP contribution in [-0.4, -0.2) is 60.2 Å². The third-order valence-electron chi connectivity index (χ3n) is 5.29. The van der Waals surface area contributed by atoms with Gasteiger partial charge in [-0.15, -0.1) is 0 Å². The van der Waals surface area contributed by atoms with E-state index in [9.17, 15) is 14.7 Å². The number of nitrogens with zero attached hydrogens (tertiary/aromatic N) is 2. The van der Waals surface area contributed by atoms with Gasteiger partial charge >= 0.3 is 0 Å². The maximum Gasteiger partial charge on any atom is 0.295 e. The van der Waals surface area contributed by atoms with Crippen LogP contribution >= 0.6 is 11.6 Å². The molecular weight excluding hydrogens is 448 g/mol. The van der Waals surface area contributed by atoms with E-state index in [0.717, 1.165) is 0 Å². The molecule has 0 saturated carbocycles. The molecule has 33 heavy (non-hydrogen) atoms. The zero-order chi connectivity index (χ0) is 24.1. The number of aromatic nitrogens is 1. The van der Waals surface area contributed by atoms with E-state index in [-0.39, 0.29) is 40.3 Å². The fourth-order valence-corrected chi connectivity index (χ4v) is 3.99. The number of amides is 1. The Kier molecular flexibility index (Phi) is 7.94. The van der Waals surface area contributed by atoms with E-state index in [1.54, 1.807) is 24.5 Å². The summed E-state index contributed by atoms with van der Waals surface area (Å²) in [5.74, 6) is -1.26. The molecule has 2 heterocycles. The Morgan fingerprint density at radius 2 is 1.82 bits per heavy atom. The van der Waals surface area contributed by atoms with Gasteiger partial charge < -0.3 is 24.2 Å². The molecule has 0 aliphatic carbocycles. The van der Waals surface area contributed by atoms with Gasteiger partial charge in [-0.05, 0) is 44.0 Å². The van der Waals surface area contributed by atoms with E-state index < -0.39 is 17.7 Å². The van der Waals surface area contributed by atoms with E-state index in [2.05, 4.69) is 4.98 Å². The Bertz CT molecular complexity index is 1050. The first-order valence-corrected chi connectivity index (χ1v) is 10.9. The number of rotatable bonds is 9. The lowest BCUT2D eigenvalue weighted by Gasteiger charge is -2.25. The number of hydrogen-bond acceptors (Lipinski definition) is 7. The number of carbonyl (C=O) groups is 2. The average molecular weight is 475 g/mol. The number of likely N-dealkylation sites (tertiary alicyclic amines) is 1. The minimum atomic E-state index is -0.794. The van der Waals surface area contributed by atoms with Crippen molar-refractivity contribution in [3.05, 3.63) is 58.4 Å². The van der Waals surface area contributed by atoms with Crippen molar-refractivity contribution in [2.45, 2.75) is 32.4 Å². The molecule has 0 spiro atoms. The highest BCUT2D eigenvalue weighted by Crippen LogP contribution is 2.42. The van der Waals surface area contributed by atoms with Crippen molar-refractivity contribution in [3.8, 4) is 11.5 Å². The number of aliphatic hydroxyl groups is 1. The molecule has 1 atom stereocenters. The molecule has 1 fully saturated rings. The summed E-state index contributed by atoms with van der Waals surface area (Å²) >= 11 is 6.27. The molecular formula is C24H27ClN2O6. The number of Topliss-reactive ketones (excluding diaryl/α,β-unsaturated/α-hetero) is 1. The third-order valence-corrected chi connectivity index (χ3v) is 5.58. The quantitative estimate of drug-likeness (QED) is 0.254. The van der Waals surface area contributed by atoms with Crippen LogP contribution in [0, 0.1) is 0 Å². The minimum absolute atomic E-state index is 0.0458. The number of halogens is 1. The lowest BCUT2D eigenvalue weighted by Crippen LogP contribution is -2.31. The van der Waals surface area contributed by atoms with Crippen molar-refractivity contribution in [1.29, 1.82) is 0 Å². The number of pyridine rings is 1. The molecule has 1 aromatic heterocycles. The number of methoxy groups -OCH3 is 2. The molecule has 1 aliphatic heterocycles. The van der Waals surface area contributed by atoms with E-state index >= 15 is 0 Å². The van der Waals surface area contributed by atoms with Gasteiger partial charge in [0.25, 0.3) is 11.7 Å². The summed E-state index contributed by atoms with van der Waals surface area (Å²) < 4.78 is 16.2. The van der Waals surface area contributed by atoms with Gasteiger partial charge in [0, 0.05) is 31.6 Å². The molecule has 3 rings (SSSR count). The van der Waals surface area contributed by atoms with Gasteiger partial charge in [-0.1, -0.05) is 11.6 Å². The standard InChI is InChI=1S/C24H27ClN2O6/c1-14(2)33-11-5-10-27-21(15-6-8-26-9-7-15)20(23(29)24(27)30)22(28)16-12-17(25)19(32-4)13-18(16)31-3/h6-9,12-14,21,28H,5,10-11H2,1-4H3/b22-20+.